The fraction of sp³-hybridized carbons (Fsp3) is 0.429. The molecule has 1 saturated heterocycles. The van der Waals surface area contributed by atoms with Gasteiger partial charge in [-0.3, -0.25) is 0 Å². The highest BCUT2D eigenvalue weighted by Gasteiger charge is 2.24. The van der Waals surface area contributed by atoms with E-state index in [0.717, 1.165) is 13.1 Å². The lowest BCUT2D eigenvalue weighted by Crippen LogP contribution is -2.10. The van der Waals surface area contributed by atoms with Crippen LogP contribution in [-0.4, -0.2) is 17.7 Å². The van der Waals surface area contributed by atoms with E-state index in [1.165, 1.54) is 33.1 Å². The van der Waals surface area contributed by atoms with Crippen LogP contribution in [0.5, 0.6) is 0 Å². The van der Waals surface area contributed by atoms with Crippen LogP contribution >= 0.6 is 15.9 Å². The molecular weight excluding hydrogens is 276 g/mol. The average Bonchev–Trinajstić information content (AvgIpc) is 2.88. The molecule has 17 heavy (non-hydrogen) atoms. The normalized spacial score (nSPS) is 20.3. The number of nitrogens with zero attached hydrogens (tertiary/aromatic N) is 1. The van der Waals surface area contributed by atoms with Crippen LogP contribution in [0, 0.1) is 6.92 Å². The van der Waals surface area contributed by atoms with Gasteiger partial charge in [0.05, 0.1) is 0 Å². The summed E-state index contributed by atoms with van der Waals surface area (Å²) in [5.41, 5.74) is 4.08. The molecule has 3 rings (SSSR count). The smallest absolute Gasteiger partial charge is 0.0491 e. The van der Waals surface area contributed by atoms with Gasteiger partial charge in [0.2, 0.25) is 0 Å². The molecule has 1 aliphatic rings. The Hall–Kier alpha value is -0.800. The molecule has 1 N–H and O–H groups in total. The van der Waals surface area contributed by atoms with Crippen LogP contribution in [-0.2, 0) is 7.05 Å². The second kappa shape index (κ2) is 4.14. The summed E-state index contributed by atoms with van der Waals surface area (Å²) in [6.07, 6.45) is 1.24. The molecule has 1 aromatic heterocycles. The highest BCUT2D eigenvalue weighted by atomic mass is 79.9. The maximum Gasteiger partial charge on any atom is 0.0491 e. The predicted octanol–water partition coefficient (Wildman–Crippen LogP) is 3.33. The van der Waals surface area contributed by atoms with Gasteiger partial charge in [-0.05, 0) is 48.0 Å². The van der Waals surface area contributed by atoms with Crippen LogP contribution in [0.1, 0.15) is 23.6 Å². The Balaban J connectivity index is 2.24. The van der Waals surface area contributed by atoms with Crippen molar-refractivity contribution in [2.45, 2.75) is 19.3 Å². The number of rotatable bonds is 1. The topological polar surface area (TPSA) is 17.0 Å². The number of hydrogen-bond acceptors (Lipinski definition) is 1. The number of aromatic nitrogens is 1. The monoisotopic (exact) mass is 292 g/mol. The molecule has 1 unspecified atom stereocenters. The zero-order valence-electron chi connectivity index (χ0n) is 10.3. The van der Waals surface area contributed by atoms with Gasteiger partial charge in [-0.2, -0.15) is 0 Å². The van der Waals surface area contributed by atoms with E-state index in [2.05, 4.69) is 58.0 Å². The van der Waals surface area contributed by atoms with Crippen LogP contribution in [0.2, 0.25) is 0 Å². The number of halogens is 1. The Morgan fingerprint density at radius 3 is 2.94 bits per heavy atom. The maximum atomic E-state index is 3.80. The minimum atomic E-state index is 0.641. The molecule has 1 aliphatic heterocycles. The first kappa shape index (κ1) is 11.3. The van der Waals surface area contributed by atoms with E-state index < -0.39 is 0 Å². The minimum Gasteiger partial charge on any atom is -0.346 e. The van der Waals surface area contributed by atoms with E-state index in [9.17, 15) is 0 Å². The van der Waals surface area contributed by atoms with Gasteiger partial charge in [0.15, 0.2) is 0 Å². The van der Waals surface area contributed by atoms with E-state index in [-0.39, 0.29) is 0 Å². The molecule has 3 heteroatoms. The molecule has 0 amide bonds. The SMILES string of the molecule is Cc1ccc2c(c1)c(Br)c(C1CCNC1)n2C. The third kappa shape index (κ3) is 1.72. The minimum absolute atomic E-state index is 0.641. The highest BCUT2D eigenvalue weighted by Crippen LogP contribution is 2.37. The van der Waals surface area contributed by atoms with E-state index >= 15 is 0 Å². The molecule has 0 radical (unpaired) electrons. The standard InChI is InChI=1S/C14H17BrN2/c1-9-3-4-12-11(7-9)13(15)14(17(12)2)10-5-6-16-8-10/h3-4,7,10,16H,5-6,8H2,1-2H3. The number of aryl methyl sites for hydroxylation is 2. The van der Waals surface area contributed by atoms with Gasteiger partial charge >= 0.3 is 0 Å². The first-order valence-corrected chi connectivity index (χ1v) is 6.93. The predicted molar refractivity (Wildman–Crippen MR) is 75.6 cm³/mol. The summed E-state index contributed by atoms with van der Waals surface area (Å²) in [4.78, 5) is 0. The third-order valence-electron chi connectivity index (χ3n) is 3.78. The summed E-state index contributed by atoms with van der Waals surface area (Å²) in [6, 6.07) is 6.68. The van der Waals surface area contributed by atoms with E-state index in [1.54, 1.807) is 0 Å². The molecule has 0 saturated carbocycles. The van der Waals surface area contributed by atoms with Crippen molar-refractivity contribution >= 4 is 26.8 Å². The van der Waals surface area contributed by atoms with Gasteiger partial charge in [0.1, 0.15) is 0 Å². The Bertz CT molecular complexity index is 565. The van der Waals surface area contributed by atoms with Crippen molar-refractivity contribution in [3.05, 3.63) is 33.9 Å². The molecular formula is C14H17BrN2. The summed E-state index contributed by atoms with van der Waals surface area (Å²) in [7, 11) is 2.18. The van der Waals surface area contributed by atoms with E-state index in [0.29, 0.717) is 5.92 Å². The van der Waals surface area contributed by atoms with Crippen LogP contribution in [0.25, 0.3) is 10.9 Å². The van der Waals surface area contributed by atoms with Crippen LogP contribution in [0.4, 0.5) is 0 Å². The molecule has 90 valence electrons. The molecule has 0 bridgehead atoms. The Labute approximate surface area is 110 Å². The molecule has 2 heterocycles. The lowest BCUT2D eigenvalue weighted by molar-refractivity contribution is 0.690. The number of benzene rings is 1. The lowest BCUT2D eigenvalue weighted by Gasteiger charge is -2.11. The van der Waals surface area contributed by atoms with Gasteiger partial charge < -0.3 is 9.88 Å². The van der Waals surface area contributed by atoms with Crippen molar-refractivity contribution in [3.8, 4) is 0 Å². The van der Waals surface area contributed by atoms with Crippen LogP contribution in [0.15, 0.2) is 22.7 Å². The number of fused-ring (bicyclic) bond motifs is 1. The lowest BCUT2D eigenvalue weighted by atomic mass is 10.0. The van der Waals surface area contributed by atoms with Crippen molar-refractivity contribution < 1.29 is 0 Å². The highest BCUT2D eigenvalue weighted by molar-refractivity contribution is 9.10. The van der Waals surface area contributed by atoms with Gasteiger partial charge in [-0.25, -0.2) is 0 Å². The van der Waals surface area contributed by atoms with Crippen molar-refractivity contribution in [1.82, 2.24) is 9.88 Å². The molecule has 1 atom stereocenters. The molecule has 1 aromatic carbocycles. The third-order valence-corrected chi connectivity index (χ3v) is 4.62. The van der Waals surface area contributed by atoms with Crippen molar-refractivity contribution in [3.63, 3.8) is 0 Å². The summed E-state index contributed by atoms with van der Waals surface area (Å²) >= 11 is 3.80. The second-order valence-electron chi connectivity index (χ2n) is 4.97. The fourth-order valence-electron chi connectivity index (χ4n) is 2.87. The number of hydrogen-bond donors (Lipinski definition) is 1. The first-order chi connectivity index (χ1) is 8.18. The van der Waals surface area contributed by atoms with Crippen LogP contribution < -0.4 is 5.32 Å². The summed E-state index contributed by atoms with van der Waals surface area (Å²) in [5, 5.41) is 4.79. The van der Waals surface area contributed by atoms with Crippen LogP contribution in [0.3, 0.4) is 0 Å². The number of nitrogens with one attached hydrogen (secondary N) is 1. The maximum absolute atomic E-state index is 3.80. The average molecular weight is 293 g/mol. The second-order valence-corrected chi connectivity index (χ2v) is 5.76. The molecule has 0 spiro atoms. The fourth-order valence-corrected chi connectivity index (χ4v) is 3.78. The Morgan fingerprint density at radius 2 is 2.24 bits per heavy atom. The zero-order chi connectivity index (χ0) is 12.0. The summed E-state index contributed by atoms with van der Waals surface area (Å²) < 4.78 is 3.63. The van der Waals surface area contributed by atoms with Crippen molar-refractivity contribution in [2.75, 3.05) is 13.1 Å². The molecule has 0 aliphatic carbocycles. The summed E-state index contributed by atoms with van der Waals surface area (Å²) in [5.74, 6) is 0.641. The van der Waals surface area contributed by atoms with E-state index in [1.807, 2.05) is 0 Å². The van der Waals surface area contributed by atoms with Gasteiger partial charge in [-0.1, -0.05) is 11.6 Å². The zero-order valence-corrected chi connectivity index (χ0v) is 11.8. The first-order valence-electron chi connectivity index (χ1n) is 6.13. The molecule has 2 aromatic rings. The van der Waals surface area contributed by atoms with Crippen molar-refractivity contribution in [2.24, 2.45) is 7.05 Å². The van der Waals surface area contributed by atoms with Gasteiger partial charge in [0.25, 0.3) is 0 Å². The van der Waals surface area contributed by atoms with Gasteiger partial charge in [-0.15, -0.1) is 0 Å². The molecule has 1 fully saturated rings. The molecule has 2 nitrogen and oxygen atoms in total. The largest absolute Gasteiger partial charge is 0.346 e. The Kier molecular flexibility index (Phi) is 2.75. The Morgan fingerprint density at radius 1 is 1.41 bits per heavy atom. The van der Waals surface area contributed by atoms with Crippen molar-refractivity contribution in [1.29, 1.82) is 0 Å². The van der Waals surface area contributed by atoms with E-state index in [4.69, 9.17) is 0 Å². The summed E-state index contributed by atoms with van der Waals surface area (Å²) in [6.45, 7) is 4.38. The van der Waals surface area contributed by atoms with Gasteiger partial charge in [0, 0.05) is 40.6 Å². The quantitative estimate of drug-likeness (QED) is 0.853.